The van der Waals surface area contributed by atoms with Crippen LogP contribution in [0.2, 0.25) is 0 Å². The summed E-state index contributed by atoms with van der Waals surface area (Å²) < 4.78 is 0. The van der Waals surface area contributed by atoms with Crippen molar-refractivity contribution in [3.63, 3.8) is 0 Å². The van der Waals surface area contributed by atoms with Gasteiger partial charge in [0.05, 0.1) is 0 Å². The molecule has 0 unspecified atom stereocenters. The van der Waals surface area contributed by atoms with E-state index in [1.54, 1.807) is 11.7 Å². The van der Waals surface area contributed by atoms with Gasteiger partial charge in [-0.1, -0.05) is 24.3 Å². The van der Waals surface area contributed by atoms with Crippen LogP contribution in [0.3, 0.4) is 0 Å². The van der Waals surface area contributed by atoms with Gasteiger partial charge in [0, 0.05) is 18.1 Å². The second kappa shape index (κ2) is 5.49. The molecule has 2 N–H and O–H groups in total. The predicted molar refractivity (Wildman–Crippen MR) is 75.7 cm³/mol. The summed E-state index contributed by atoms with van der Waals surface area (Å²) >= 11 is 0. The summed E-state index contributed by atoms with van der Waals surface area (Å²) in [5.41, 5.74) is 1.97. The summed E-state index contributed by atoms with van der Waals surface area (Å²) in [6, 6.07) is 8.71. The van der Waals surface area contributed by atoms with Gasteiger partial charge in [-0.2, -0.15) is 0 Å². The highest BCUT2D eigenvalue weighted by Gasteiger charge is 2.35. The van der Waals surface area contributed by atoms with Crippen LogP contribution in [0.1, 0.15) is 23.3 Å². The van der Waals surface area contributed by atoms with Gasteiger partial charge in [-0.25, -0.2) is 5.48 Å². The van der Waals surface area contributed by atoms with Gasteiger partial charge in [0.2, 0.25) is 0 Å². The zero-order valence-corrected chi connectivity index (χ0v) is 11.3. The first kappa shape index (κ1) is 13.5. The number of benzene rings is 1. The molecule has 0 spiro atoms. The van der Waals surface area contributed by atoms with E-state index in [2.05, 4.69) is 4.98 Å². The van der Waals surface area contributed by atoms with E-state index in [-0.39, 0.29) is 5.91 Å². The van der Waals surface area contributed by atoms with Crippen LogP contribution in [0.15, 0.2) is 36.5 Å². The number of hydrogen-bond acceptors (Lipinski definition) is 4. The molecule has 108 valence electrons. The van der Waals surface area contributed by atoms with Crippen LogP contribution in [0.25, 0.3) is 10.8 Å². The lowest BCUT2D eigenvalue weighted by molar-refractivity contribution is -0.133. The van der Waals surface area contributed by atoms with Crippen molar-refractivity contribution in [2.45, 2.75) is 18.9 Å². The number of hydrogen-bond donors (Lipinski definition) is 2. The van der Waals surface area contributed by atoms with Crippen LogP contribution in [0.4, 0.5) is 0 Å². The molecule has 1 atom stereocenters. The number of rotatable bonds is 2. The van der Waals surface area contributed by atoms with Gasteiger partial charge in [0.15, 0.2) is 0 Å². The quantitative estimate of drug-likeness (QED) is 0.644. The maximum absolute atomic E-state index is 12.7. The maximum atomic E-state index is 12.7. The van der Waals surface area contributed by atoms with Crippen LogP contribution < -0.4 is 5.48 Å². The molecule has 21 heavy (non-hydrogen) atoms. The lowest BCUT2D eigenvalue weighted by atomic mass is 10.1. The van der Waals surface area contributed by atoms with Crippen LogP contribution in [-0.2, 0) is 4.79 Å². The van der Waals surface area contributed by atoms with Crippen molar-refractivity contribution in [2.75, 3.05) is 6.54 Å². The Morgan fingerprint density at radius 3 is 2.90 bits per heavy atom. The van der Waals surface area contributed by atoms with Crippen LogP contribution >= 0.6 is 0 Å². The average molecular weight is 285 g/mol. The smallest absolute Gasteiger partial charge is 0.273 e. The molecular formula is C15H15N3O3. The SMILES string of the molecule is O=C(NO)[C@@H]1CCCN1C(=O)c1nccc2ccccc12. The molecule has 0 radical (unpaired) electrons. The minimum absolute atomic E-state index is 0.280. The molecule has 1 aliphatic heterocycles. The van der Waals surface area contributed by atoms with E-state index in [1.165, 1.54) is 4.90 Å². The Kier molecular flexibility index (Phi) is 3.53. The second-order valence-electron chi connectivity index (χ2n) is 5.01. The van der Waals surface area contributed by atoms with Crippen molar-refractivity contribution in [2.24, 2.45) is 0 Å². The van der Waals surface area contributed by atoms with Gasteiger partial charge >= 0.3 is 0 Å². The molecule has 0 bridgehead atoms. The molecule has 1 aliphatic rings. The molecule has 2 heterocycles. The summed E-state index contributed by atoms with van der Waals surface area (Å²) in [6.45, 7) is 0.488. The molecular weight excluding hydrogens is 270 g/mol. The molecule has 6 heteroatoms. The summed E-state index contributed by atoms with van der Waals surface area (Å²) in [6.07, 6.45) is 2.87. The Hall–Kier alpha value is -2.47. The highest BCUT2D eigenvalue weighted by molar-refractivity contribution is 6.06. The van der Waals surface area contributed by atoms with E-state index >= 15 is 0 Å². The van der Waals surface area contributed by atoms with E-state index in [4.69, 9.17) is 5.21 Å². The fourth-order valence-corrected chi connectivity index (χ4v) is 2.78. The van der Waals surface area contributed by atoms with Gasteiger partial charge in [0.1, 0.15) is 11.7 Å². The normalized spacial score (nSPS) is 18.0. The van der Waals surface area contributed by atoms with Crippen molar-refractivity contribution < 1.29 is 14.8 Å². The van der Waals surface area contributed by atoms with Gasteiger partial charge < -0.3 is 4.90 Å². The first-order valence-corrected chi connectivity index (χ1v) is 6.81. The molecule has 2 aromatic rings. The van der Waals surface area contributed by atoms with Crippen molar-refractivity contribution in [1.29, 1.82) is 0 Å². The Balaban J connectivity index is 1.99. The molecule has 3 rings (SSSR count). The molecule has 1 saturated heterocycles. The zero-order chi connectivity index (χ0) is 14.8. The van der Waals surface area contributed by atoms with Gasteiger partial charge in [-0.15, -0.1) is 0 Å². The largest absolute Gasteiger partial charge is 0.325 e. The van der Waals surface area contributed by atoms with Crippen molar-refractivity contribution in [3.8, 4) is 0 Å². The number of amides is 2. The number of carbonyl (C=O) groups excluding carboxylic acids is 2. The summed E-state index contributed by atoms with van der Waals surface area (Å²) in [4.78, 5) is 30.0. The number of carbonyl (C=O) groups is 2. The Morgan fingerprint density at radius 1 is 1.29 bits per heavy atom. The third kappa shape index (κ3) is 2.34. The molecule has 1 aromatic heterocycles. The topological polar surface area (TPSA) is 82.5 Å². The van der Waals surface area contributed by atoms with Gasteiger partial charge in [-0.05, 0) is 24.3 Å². The minimum Gasteiger partial charge on any atom is -0.325 e. The van der Waals surface area contributed by atoms with Crippen molar-refractivity contribution >= 4 is 22.6 Å². The number of nitrogens with zero attached hydrogens (tertiary/aromatic N) is 2. The number of likely N-dealkylation sites (tertiary alicyclic amines) is 1. The van der Waals surface area contributed by atoms with Crippen LogP contribution in [0.5, 0.6) is 0 Å². The zero-order valence-electron chi connectivity index (χ0n) is 11.3. The third-order valence-electron chi connectivity index (χ3n) is 3.80. The van der Waals surface area contributed by atoms with Crippen molar-refractivity contribution in [1.82, 2.24) is 15.4 Å². The lowest BCUT2D eigenvalue weighted by Crippen LogP contribution is -2.45. The Morgan fingerprint density at radius 2 is 2.10 bits per heavy atom. The maximum Gasteiger partial charge on any atom is 0.273 e. The van der Waals surface area contributed by atoms with E-state index in [0.29, 0.717) is 18.7 Å². The summed E-state index contributed by atoms with van der Waals surface area (Å²) in [7, 11) is 0. The lowest BCUT2D eigenvalue weighted by Gasteiger charge is -2.23. The number of fused-ring (bicyclic) bond motifs is 1. The van der Waals surface area contributed by atoms with E-state index in [9.17, 15) is 9.59 Å². The standard InChI is InChI=1S/C15H15N3O3/c19-14(17-21)12-6-3-9-18(12)15(20)13-11-5-2-1-4-10(11)7-8-16-13/h1-2,4-5,7-8,12,21H,3,6,9H2,(H,17,19)/t12-/m0/s1. The second-order valence-corrected chi connectivity index (χ2v) is 5.01. The van der Waals surface area contributed by atoms with Crippen LogP contribution in [0, 0.1) is 0 Å². The average Bonchev–Trinajstić information content (AvgIpc) is 3.02. The first-order chi connectivity index (χ1) is 10.2. The van der Waals surface area contributed by atoms with Gasteiger partial charge in [0.25, 0.3) is 11.8 Å². The van der Waals surface area contributed by atoms with E-state index in [1.807, 2.05) is 30.3 Å². The highest BCUT2D eigenvalue weighted by atomic mass is 16.5. The Labute approximate surface area is 121 Å². The Bertz CT molecular complexity index is 696. The number of aromatic nitrogens is 1. The van der Waals surface area contributed by atoms with Gasteiger partial charge in [-0.3, -0.25) is 19.8 Å². The first-order valence-electron chi connectivity index (χ1n) is 6.81. The van der Waals surface area contributed by atoms with Crippen molar-refractivity contribution in [3.05, 3.63) is 42.2 Å². The molecule has 6 nitrogen and oxygen atoms in total. The summed E-state index contributed by atoms with van der Waals surface area (Å²) in [5, 5.41) is 10.5. The third-order valence-corrected chi connectivity index (χ3v) is 3.80. The monoisotopic (exact) mass is 285 g/mol. The van der Waals surface area contributed by atoms with E-state index < -0.39 is 11.9 Å². The number of hydroxylamine groups is 1. The van der Waals surface area contributed by atoms with Crippen LogP contribution in [-0.4, -0.2) is 39.5 Å². The molecule has 1 aromatic carbocycles. The number of nitrogens with one attached hydrogen (secondary N) is 1. The fraction of sp³-hybridized carbons (Fsp3) is 0.267. The molecule has 2 amide bonds. The minimum atomic E-state index is -0.636. The summed E-state index contributed by atoms with van der Waals surface area (Å²) in [5.74, 6) is -0.834. The molecule has 0 aliphatic carbocycles. The molecule has 0 saturated carbocycles. The van der Waals surface area contributed by atoms with E-state index in [0.717, 1.165) is 17.2 Å². The predicted octanol–water partition coefficient (Wildman–Crippen LogP) is 1.34. The molecule has 1 fully saturated rings. The highest BCUT2D eigenvalue weighted by Crippen LogP contribution is 2.23. The number of pyridine rings is 1. The fourth-order valence-electron chi connectivity index (χ4n) is 2.78.